The molecule has 3 rings (SSSR count). The Morgan fingerprint density at radius 2 is 1.68 bits per heavy atom. The van der Waals surface area contributed by atoms with Gasteiger partial charge in [-0.3, -0.25) is 24.1 Å². The third-order valence-corrected chi connectivity index (χ3v) is 6.82. The number of fused-ring (bicyclic) bond motifs is 1. The van der Waals surface area contributed by atoms with Crippen LogP contribution < -0.4 is 19.8 Å². The third kappa shape index (κ3) is 6.98. The van der Waals surface area contributed by atoms with Crippen molar-refractivity contribution in [2.24, 2.45) is 0 Å². The van der Waals surface area contributed by atoms with Gasteiger partial charge in [-0.05, 0) is 24.3 Å². The predicted octanol–water partition coefficient (Wildman–Crippen LogP) is 0.528. The SMILES string of the molecule is C.CC(=O)N1CC(NS(=O)(=O)c2ccccc2)C(=O)N(CC(=O)NC(C=O)CC(=O)O)c2ccccc21. The maximum atomic E-state index is 13.6. The van der Waals surface area contributed by atoms with Crippen LogP contribution in [0.2, 0.25) is 0 Å². The van der Waals surface area contributed by atoms with E-state index in [2.05, 4.69) is 10.0 Å². The first-order valence-electron chi connectivity index (χ1n) is 10.8. The predicted molar refractivity (Wildman–Crippen MR) is 134 cm³/mol. The molecule has 1 heterocycles. The Balaban J connectivity index is 0.00000481. The number of rotatable bonds is 9. The Hall–Kier alpha value is -4.10. The molecule has 1 aliphatic rings. The summed E-state index contributed by atoms with van der Waals surface area (Å²) in [5, 5.41) is 11.1. The fourth-order valence-corrected chi connectivity index (χ4v) is 4.91. The quantitative estimate of drug-likeness (QED) is 0.393. The molecule has 2 unspecified atom stereocenters. The van der Waals surface area contributed by atoms with Crippen LogP contribution >= 0.6 is 0 Å². The van der Waals surface area contributed by atoms with Gasteiger partial charge in [-0.25, -0.2) is 8.42 Å². The summed E-state index contributed by atoms with van der Waals surface area (Å²) in [4.78, 5) is 62.9. The lowest BCUT2D eigenvalue weighted by atomic mass is 10.2. The molecule has 3 amide bonds. The van der Waals surface area contributed by atoms with Crippen LogP contribution in [0.5, 0.6) is 0 Å². The minimum atomic E-state index is -4.18. The monoisotopic (exact) mass is 532 g/mol. The zero-order valence-electron chi connectivity index (χ0n) is 19.2. The van der Waals surface area contributed by atoms with Gasteiger partial charge in [0.2, 0.25) is 27.7 Å². The van der Waals surface area contributed by atoms with Crippen LogP contribution in [0.4, 0.5) is 11.4 Å². The second kappa shape index (κ2) is 12.2. The van der Waals surface area contributed by atoms with Gasteiger partial charge in [0, 0.05) is 6.92 Å². The molecule has 2 aromatic rings. The smallest absolute Gasteiger partial charge is 0.305 e. The molecule has 2 atom stereocenters. The normalized spacial score (nSPS) is 16.0. The number of nitrogens with zero attached hydrogens (tertiary/aromatic N) is 2. The van der Waals surface area contributed by atoms with Gasteiger partial charge in [0.15, 0.2) is 0 Å². The van der Waals surface area contributed by atoms with Gasteiger partial charge in [0.1, 0.15) is 18.9 Å². The summed E-state index contributed by atoms with van der Waals surface area (Å²) in [6, 6.07) is 10.8. The Labute approximate surface area is 214 Å². The van der Waals surface area contributed by atoms with Gasteiger partial charge in [-0.1, -0.05) is 37.8 Å². The molecular formula is C24H28N4O8S. The van der Waals surface area contributed by atoms with Crippen molar-refractivity contribution in [1.29, 1.82) is 0 Å². The number of carbonyl (C=O) groups excluding carboxylic acids is 4. The summed E-state index contributed by atoms with van der Waals surface area (Å²) in [5.74, 6) is -3.44. The molecule has 0 aromatic heterocycles. The highest BCUT2D eigenvalue weighted by molar-refractivity contribution is 7.89. The Morgan fingerprint density at radius 3 is 2.24 bits per heavy atom. The molecule has 12 nitrogen and oxygen atoms in total. The molecule has 2 aromatic carbocycles. The highest BCUT2D eigenvalue weighted by atomic mass is 32.2. The Kier molecular flexibility index (Phi) is 9.63. The van der Waals surface area contributed by atoms with Gasteiger partial charge in [-0.2, -0.15) is 4.72 Å². The minimum absolute atomic E-state index is 0. The second-order valence-corrected chi connectivity index (χ2v) is 9.65. The van der Waals surface area contributed by atoms with E-state index in [9.17, 15) is 32.4 Å². The largest absolute Gasteiger partial charge is 0.481 e. The van der Waals surface area contributed by atoms with Crippen molar-refractivity contribution in [3.63, 3.8) is 0 Å². The molecule has 13 heteroatoms. The Morgan fingerprint density at radius 1 is 1.08 bits per heavy atom. The first-order valence-corrected chi connectivity index (χ1v) is 12.2. The van der Waals surface area contributed by atoms with Crippen LogP contribution in [0, 0.1) is 0 Å². The lowest BCUT2D eigenvalue weighted by Crippen LogP contribution is -2.54. The number of sulfonamides is 1. The van der Waals surface area contributed by atoms with Gasteiger partial charge in [0.05, 0.1) is 35.3 Å². The second-order valence-electron chi connectivity index (χ2n) is 7.94. The first-order chi connectivity index (χ1) is 17.0. The number of para-hydroxylation sites is 2. The summed E-state index contributed by atoms with van der Waals surface area (Å²) in [5.41, 5.74) is 0.431. The van der Waals surface area contributed by atoms with E-state index in [-0.39, 0.29) is 36.5 Å². The van der Waals surface area contributed by atoms with E-state index in [1.807, 2.05) is 0 Å². The number of aldehydes is 1. The molecule has 0 bridgehead atoms. The number of anilines is 2. The number of aliphatic carboxylic acids is 1. The van der Waals surface area contributed by atoms with Crippen LogP contribution in [-0.4, -0.2) is 68.7 Å². The van der Waals surface area contributed by atoms with E-state index >= 15 is 0 Å². The van der Waals surface area contributed by atoms with E-state index in [0.29, 0.717) is 0 Å². The molecule has 0 spiro atoms. The summed E-state index contributed by atoms with van der Waals surface area (Å²) >= 11 is 0. The molecule has 0 saturated heterocycles. The topological polar surface area (TPSA) is 170 Å². The van der Waals surface area contributed by atoms with E-state index < -0.39 is 58.8 Å². The number of nitrogens with one attached hydrogen (secondary N) is 2. The van der Waals surface area contributed by atoms with E-state index in [0.717, 1.165) is 4.90 Å². The van der Waals surface area contributed by atoms with Gasteiger partial charge in [0.25, 0.3) is 0 Å². The van der Waals surface area contributed by atoms with Crippen LogP contribution in [0.25, 0.3) is 0 Å². The molecule has 37 heavy (non-hydrogen) atoms. The molecule has 0 radical (unpaired) electrons. The lowest BCUT2D eigenvalue weighted by molar-refractivity contribution is -0.139. The van der Waals surface area contributed by atoms with Crippen molar-refractivity contribution in [1.82, 2.24) is 10.0 Å². The molecular weight excluding hydrogens is 504 g/mol. The van der Waals surface area contributed by atoms with E-state index in [4.69, 9.17) is 5.11 Å². The molecule has 0 saturated carbocycles. The van der Waals surface area contributed by atoms with E-state index in [1.165, 1.54) is 42.2 Å². The number of benzene rings is 2. The number of hydrogen-bond acceptors (Lipinski definition) is 7. The van der Waals surface area contributed by atoms with Gasteiger partial charge < -0.3 is 20.1 Å². The zero-order chi connectivity index (χ0) is 26.5. The summed E-state index contributed by atoms with van der Waals surface area (Å²) in [6.45, 7) is 0.257. The number of carboxylic acid groups (broad SMARTS) is 1. The first kappa shape index (κ1) is 29.1. The lowest BCUT2D eigenvalue weighted by Gasteiger charge is -2.25. The van der Waals surface area contributed by atoms with Crippen LogP contribution in [0.1, 0.15) is 20.8 Å². The summed E-state index contributed by atoms with van der Waals surface area (Å²) in [6.07, 6.45) is -0.393. The molecule has 3 N–H and O–H groups in total. The fraction of sp³-hybridized carbons (Fsp3) is 0.292. The molecule has 0 aliphatic carbocycles. The average Bonchev–Trinajstić information content (AvgIpc) is 2.94. The highest BCUT2D eigenvalue weighted by Crippen LogP contribution is 2.33. The number of amides is 3. The number of carbonyl (C=O) groups is 5. The zero-order valence-corrected chi connectivity index (χ0v) is 20.0. The molecule has 1 aliphatic heterocycles. The van der Waals surface area contributed by atoms with Crippen molar-refractivity contribution >= 4 is 51.4 Å². The number of hydrogen-bond donors (Lipinski definition) is 3. The highest BCUT2D eigenvalue weighted by Gasteiger charge is 2.38. The van der Waals surface area contributed by atoms with Crippen LogP contribution in [0.3, 0.4) is 0 Å². The fourth-order valence-electron chi connectivity index (χ4n) is 3.71. The van der Waals surface area contributed by atoms with Crippen molar-refractivity contribution in [3.8, 4) is 0 Å². The van der Waals surface area contributed by atoms with Crippen molar-refractivity contribution < 1.29 is 37.5 Å². The summed E-state index contributed by atoms with van der Waals surface area (Å²) < 4.78 is 28.3. The number of carboxylic acids is 1. The standard InChI is InChI=1S/C23H24N4O8S.CH4/c1-15(29)26-12-18(25-36(34,35)17-7-3-2-4-8-17)23(33)27(20-10-6-5-9-19(20)26)13-21(30)24-16(14-28)11-22(31)32;/h2-10,14,16,18,25H,11-13H2,1H3,(H,24,30)(H,31,32);1H4. The van der Waals surface area contributed by atoms with Gasteiger partial charge in [-0.15, -0.1) is 0 Å². The van der Waals surface area contributed by atoms with Crippen molar-refractivity contribution in [3.05, 3.63) is 54.6 Å². The molecule has 0 fully saturated rings. The maximum Gasteiger partial charge on any atom is 0.305 e. The summed E-state index contributed by atoms with van der Waals surface area (Å²) in [7, 11) is -4.18. The third-order valence-electron chi connectivity index (χ3n) is 5.33. The minimum Gasteiger partial charge on any atom is -0.481 e. The van der Waals surface area contributed by atoms with Gasteiger partial charge >= 0.3 is 5.97 Å². The van der Waals surface area contributed by atoms with Crippen molar-refractivity contribution in [2.45, 2.75) is 37.8 Å². The van der Waals surface area contributed by atoms with Crippen LogP contribution in [-0.2, 0) is 34.0 Å². The molecule has 198 valence electrons. The van der Waals surface area contributed by atoms with Crippen LogP contribution in [0.15, 0.2) is 59.5 Å². The van der Waals surface area contributed by atoms with Crippen molar-refractivity contribution in [2.75, 3.05) is 22.9 Å². The Bertz CT molecular complexity index is 1280. The van der Waals surface area contributed by atoms with E-state index in [1.54, 1.807) is 24.3 Å². The average molecular weight is 533 g/mol. The maximum absolute atomic E-state index is 13.6.